The smallest absolute Gasteiger partial charge is 0.233 e. The molecule has 0 spiro atoms. The second-order valence-electron chi connectivity index (χ2n) is 5.79. The van der Waals surface area contributed by atoms with Crippen LogP contribution in [0.3, 0.4) is 0 Å². The van der Waals surface area contributed by atoms with Crippen molar-refractivity contribution in [2.45, 2.75) is 6.42 Å². The number of carbonyl (C=O) groups excluding carboxylic acids is 1. The molecule has 134 valence electrons. The molecule has 4 aromatic rings. The number of aromatic amines is 1. The number of hydrogen-bond acceptors (Lipinski definition) is 5. The average molecular weight is 380 g/mol. The molecule has 2 aromatic heterocycles. The summed E-state index contributed by atoms with van der Waals surface area (Å²) in [7, 11) is 0. The zero-order valence-corrected chi connectivity index (χ0v) is 14.8. The standard InChI is InChI=1S/C19H14ClN5O2/c20-13-6-4-12(5-7-13)8-17(26)24-14-2-1-3-15(9-14)27-19-16-10-23-25-18(16)21-11-22-19/h1-7,9-11H,8H2,(H,24,26)(H,21,22,23,25). The van der Waals surface area contributed by atoms with Crippen LogP contribution in [0.2, 0.25) is 5.02 Å². The van der Waals surface area contributed by atoms with E-state index >= 15 is 0 Å². The van der Waals surface area contributed by atoms with Crippen LogP contribution in [-0.2, 0) is 11.2 Å². The highest BCUT2D eigenvalue weighted by Gasteiger charge is 2.09. The SMILES string of the molecule is O=C(Cc1ccc(Cl)cc1)Nc1cccc(Oc2ncnc3[nH]ncc23)c1. The predicted octanol–water partition coefficient (Wildman–Crippen LogP) is 3.98. The maximum Gasteiger partial charge on any atom is 0.233 e. The van der Waals surface area contributed by atoms with Crippen LogP contribution in [-0.4, -0.2) is 26.1 Å². The van der Waals surface area contributed by atoms with Crippen molar-refractivity contribution >= 4 is 34.2 Å². The number of nitrogens with zero attached hydrogens (tertiary/aromatic N) is 3. The van der Waals surface area contributed by atoms with E-state index in [0.29, 0.717) is 33.4 Å². The first-order chi connectivity index (χ1) is 13.2. The maximum absolute atomic E-state index is 12.3. The molecule has 0 saturated heterocycles. The molecule has 2 heterocycles. The summed E-state index contributed by atoms with van der Waals surface area (Å²) in [5, 5.41) is 10.9. The lowest BCUT2D eigenvalue weighted by Crippen LogP contribution is -2.14. The van der Waals surface area contributed by atoms with Crippen molar-refractivity contribution in [1.29, 1.82) is 0 Å². The Labute approximate surface area is 159 Å². The van der Waals surface area contributed by atoms with E-state index < -0.39 is 0 Å². The number of rotatable bonds is 5. The minimum Gasteiger partial charge on any atom is -0.438 e. The van der Waals surface area contributed by atoms with E-state index in [1.54, 1.807) is 42.6 Å². The van der Waals surface area contributed by atoms with Crippen LogP contribution >= 0.6 is 11.6 Å². The van der Waals surface area contributed by atoms with E-state index in [1.165, 1.54) is 6.33 Å². The van der Waals surface area contributed by atoms with Gasteiger partial charge in [-0.15, -0.1) is 0 Å². The van der Waals surface area contributed by atoms with Crippen molar-refractivity contribution in [2.75, 3.05) is 5.32 Å². The molecule has 2 aromatic carbocycles. The highest BCUT2D eigenvalue weighted by atomic mass is 35.5. The van der Waals surface area contributed by atoms with Gasteiger partial charge in [-0.1, -0.05) is 29.8 Å². The van der Waals surface area contributed by atoms with Gasteiger partial charge in [-0.25, -0.2) is 9.97 Å². The van der Waals surface area contributed by atoms with Gasteiger partial charge in [0.2, 0.25) is 11.8 Å². The van der Waals surface area contributed by atoms with Crippen LogP contribution in [0, 0.1) is 0 Å². The molecule has 4 rings (SSSR count). The molecule has 0 aliphatic rings. The molecule has 0 atom stereocenters. The van der Waals surface area contributed by atoms with E-state index in [1.807, 2.05) is 12.1 Å². The quantitative estimate of drug-likeness (QED) is 0.547. The summed E-state index contributed by atoms with van der Waals surface area (Å²) in [6.45, 7) is 0. The highest BCUT2D eigenvalue weighted by molar-refractivity contribution is 6.30. The molecule has 0 unspecified atom stereocenters. The van der Waals surface area contributed by atoms with Crippen LogP contribution in [0.25, 0.3) is 11.0 Å². The topological polar surface area (TPSA) is 92.8 Å². The number of amides is 1. The summed E-state index contributed by atoms with van der Waals surface area (Å²) < 4.78 is 5.83. The fourth-order valence-corrected chi connectivity index (χ4v) is 2.69. The van der Waals surface area contributed by atoms with Crippen LogP contribution < -0.4 is 10.1 Å². The van der Waals surface area contributed by atoms with Crippen molar-refractivity contribution in [2.24, 2.45) is 0 Å². The third-order valence-electron chi connectivity index (χ3n) is 3.82. The van der Waals surface area contributed by atoms with Crippen molar-refractivity contribution < 1.29 is 9.53 Å². The Kier molecular flexibility index (Phi) is 4.67. The van der Waals surface area contributed by atoms with E-state index in [2.05, 4.69) is 25.5 Å². The number of halogens is 1. The maximum atomic E-state index is 12.3. The third kappa shape index (κ3) is 4.04. The first-order valence-corrected chi connectivity index (χ1v) is 8.51. The van der Waals surface area contributed by atoms with Crippen molar-refractivity contribution in [3.8, 4) is 11.6 Å². The summed E-state index contributed by atoms with van der Waals surface area (Å²) in [5.41, 5.74) is 2.10. The third-order valence-corrected chi connectivity index (χ3v) is 4.07. The molecule has 0 aliphatic carbocycles. The number of benzene rings is 2. The predicted molar refractivity (Wildman–Crippen MR) is 102 cm³/mol. The van der Waals surface area contributed by atoms with E-state index in [0.717, 1.165) is 5.56 Å². The van der Waals surface area contributed by atoms with Crippen molar-refractivity contribution in [3.05, 3.63) is 71.6 Å². The minimum absolute atomic E-state index is 0.131. The first kappa shape index (κ1) is 17.0. The monoisotopic (exact) mass is 379 g/mol. The van der Waals surface area contributed by atoms with Crippen LogP contribution in [0.5, 0.6) is 11.6 Å². The van der Waals surface area contributed by atoms with Gasteiger partial charge in [-0.3, -0.25) is 9.89 Å². The van der Waals surface area contributed by atoms with Crippen LogP contribution in [0.15, 0.2) is 61.1 Å². The summed E-state index contributed by atoms with van der Waals surface area (Å²) in [6.07, 6.45) is 3.25. The van der Waals surface area contributed by atoms with Gasteiger partial charge in [0.15, 0.2) is 5.65 Å². The number of ether oxygens (including phenoxy) is 1. The van der Waals surface area contributed by atoms with Gasteiger partial charge in [0, 0.05) is 16.8 Å². The Hall–Kier alpha value is -3.45. The lowest BCUT2D eigenvalue weighted by atomic mass is 10.1. The number of H-pyrrole nitrogens is 1. The number of hydrogen-bond donors (Lipinski definition) is 2. The number of carbonyl (C=O) groups is 1. The summed E-state index contributed by atoms with van der Waals surface area (Å²) in [4.78, 5) is 20.5. The summed E-state index contributed by atoms with van der Waals surface area (Å²) in [6, 6.07) is 14.3. The molecule has 8 heteroatoms. The number of anilines is 1. The Bertz CT molecular complexity index is 1090. The lowest BCUT2D eigenvalue weighted by Gasteiger charge is -2.09. The van der Waals surface area contributed by atoms with Gasteiger partial charge >= 0.3 is 0 Å². The fourth-order valence-electron chi connectivity index (χ4n) is 2.57. The van der Waals surface area contributed by atoms with E-state index in [4.69, 9.17) is 16.3 Å². The molecule has 0 fully saturated rings. The lowest BCUT2D eigenvalue weighted by molar-refractivity contribution is -0.115. The minimum atomic E-state index is -0.131. The second kappa shape index (κ2) is 7.43. The number of aromatic nitrogens is 4. The molecule has 1 amide bonds. The fraction of sp³-hybridized carbons (Fsp3) is 0.0526. The number of fused-ring (bicyclic) bond motifs is 1. The van der Waals surface area contributed by atoms with Gasteiger partial charge in [0.1, 0.15) is 17.5 Å². The van der Waals surface area contributed by atoms with Gasteiger partial charge in [-0.2, -0.15) is 5.10 Å². The first-order valence-electron chi connectivity index (χ1n) is 8.14. The second-order valence-corrected chi connectivity index (χ2v) is 6.23. The molecule has 7 nitrogen and oxygen atoms in total. The normalized spacial score (nSPS) is 10.7. The van der Waals surface area contributed by atoms with Crippen LogP contribution in [0.1, 0.15) is 5.56 Å². The molecule has 0 saturated carbocycles. The molecule has 0 radical (unpaired) electrons. The molecule has 27 heavy (non-hydrogen) atoms. The Morgan fingerprint density at radius 1 is 1.15 bits per heavy atom. The largest absolute Gasteiger partial charge is 0.438 e. The van der Waals surface area contributed by atoms with Gasteiger partial charge in [0.05, 0.1) is 12.6 Å². The molecular weight excluding hydrogens is 366 g/mol. The van der Waals surface area contributed by atoms with Crippen molar-refractivity contribution in [1.82, 2.24) is 20.2 Å². The summed E-state index contributed by atoms with van der Waals surface area (Å²) >= 11 is 5.86. The van der Waals surface area contributed by atoms with Gasteiger partial charge < -0.3 is 10.1 Å². The van der Waals surface area contributed by atoms with E-state index in [-0.39, 0.29) is 12.3 Å². The zero-order chi connectivity index (χ0) is 18.6. The molecular formula is C19H14ClN5O2. The Morgan fingerprint density at radius 3 is 2.85 bits per heavy atom. The zero-order valence-electron chi connectivity index (χ0n) is 14.0. The molecule has 0 aliphatic heterocycles. The summed E-state index contributed by atoms with van der Waals surface area (Å²) in [5.74, 6) is 0.799. The Balaban J connectivity index is 1.46. The van der Waals surface area contributed by atoms with Crippen LogP contribution in [0.4, 0.5) is 5.69 Å². The van der Waals surface area contributed by atoms with Gasteiger partial charge in [0.25, 0.3) is 0 Å². The van der Waals surface area contributed by atoms with E-state index in [9.17, 15) is 4.79 Å². The number of nitrogens with one attached hydrogen (secondary N) is 2. The molecule has 2 N–H and O–H groups in total. The van der Waals surface area contributed by atoms with Gasteiger partial charge in [-0.05, 0) is 29.8 Å². The molecule has 0 bridgehead atoms. The average Bonchev–Trinajstić information content (AvgIpc) is 3.14. The van der Waals surface area contributed by atoms with Crippen molar-refractivity contribution in [3.63, 3.8) is 0 Å². The Morgan fingerprint density at radius 2 is 2.00 bits per heavy atom. The highest BCUT2D eigenvalue weighted by Crippen LogP contribution is 2.27.